The van der Waals surface area contributed by atoms with Gasteiger partial charge in [-0.25, -0.2) is 9.97 Å². The first-order valence-electron chi connectivity index (χ1n) is 8.00. The molecular weight excluding hydrogens is 344 g/mol. The molecule has 0 saturated heterocycles. The van der Waals surface area contributed by atoms with Gasteiger partial charge in [-0.1, -0.05) is 0 Å². The molecule has 0 atom stereocenters. The van der Waals surface area contributed by atoms with Gasteiger partial charge in [-0.15, -0.1) is 0 Å². The van der Waals surface area contributed by atoms with Crippen LogP contribution in [0, 0.1) is 0 Å². The average Bonchev–Trinajstić information content (AvgIpc) is 3.16. The second-order valence-corrected chi connectivity index (χ2v) is 6.56. The van der Waals surface area contributed by atoms with Crippen LogP contribution in [0.25, 0.3) is 32.4 Å². The van der Waals surface area contributed by atoms with Crippen molar-refractivity contribution in [2.24, 2.45) is 0 Å². The Balaban J connectivity index is 1.65. The number of fused-ring (bicyclic) bond motifs is 2. The number of nitrogens with one attached hydrogen (secondary N) is 1. The highest BCUT2D eigenvalue weighted by Crippen LogP contribution is 2.28. The first-order chi connectivity index (χ1) is 12.9. The van der Waals surface area contributed by atoms with Gasteiger partial charge in [0.1, 0.15) is 5.82 Å². The molecule has 0 spiro atoms. The average molecular weight is 356 g/mol. The SMILES string of the molecule is c1cc(-c2nc(Nc3ccc4cnsc4c3)c3cnccc3n2)ccn1. The highest BCUT2D eigenvalue weighted by molar-refractivity contribution is 7.13. The summed E-state index contributed by atoms with van der Waals surface area (Å²) >= 11 is 1.47. The van der Waals surface area contributed by atoms with Crippen LogP contribution in [0.15, 0.2) is 67.4 Å². The van der Waals surface area contributed by atoms with Gasteiger partial charge in [-0.05, 0) is 47.9 Å². The van der Waals surface area contributed by atoms with Crippen LogP contribution in [0.4, 0.5) is 11.5 Å². The van der Waals surface area contributed by atoms with E-state index in [1.165, 1.54) is 11.5 Å². The Hall–Kier alpha value is -3.45. The van der Waals surface area contributed by atoms with Crippen molar-refractivity contribution >= 4 is 44.0 Å². The number of aromatic nitrogens is 5. The number of nitrogens with zero attached hydrogens (tertiary/aromatic N) is 5. The summed E-state index contributed by atoms with van der Waals surface area (Å²) in [5.41, 5.74) is 2.70. The van der Waals surface area contributed by atoms with Crippen molar-refractivity contribution in [3.63, 3.8) is 0 Å². The molecule has 0 bridgehead atoms. The Labute approximate surface area is 152 Å². The fraction of sp³-hybridized carbons (Fsp3) is 0. The van der Waals surface area contributed by atoms with E-state index in [0.717, 1.165) is 38.1 Å². The minimum absolute atomic E-state index is 0.646. The summed E-state index contributed by atoms with van der Waals surface area (Å²) in [6, 6.07) is 11.8. The molecule has 6 nitrogen and oxygen atoms in total. The van der Waals surface area contributed by atoms with Crippen molar-refractivity contribution in [3.8, 4) is 11.4 Å². The summed E-state index contributed by atoms with van der Waals surface area (Å²) in [6.07, 6.45) is 8.86. The smallest absolute Gasteiger partial charge is 0.162 e. The number of hydrogen-bond donors (Lipinski definition) is 1. The Morgan fingerprint density at radius 3 is 2.65 bits per heavy atom. The van der Waals surface area contributed by atoms with Crippen molar-refractivity contribution < 1.29 is 0 Å². The van der Waals surface area contributed by atoms with Crippen LogP contribution < -0.4 is 5.32 Å². The van der Waals surface area contributed by atoms with Gasteiger partial charge in [0.05, 0.1) is 15.6 Å². The Kier molecular flexibility index (Phi) is 3.50. The fourth-order valence-electron chi connectivity index (χ4n) is 2.77. The molecule has 0 aliphatic carbocycles. The largest absolute Gasteiger partial charge is 0.340 e. The predicted molar refractivity (Wildman–Crippen MR) is 103 cm³/mol. The lowest BCUT2D eigenvalue weighted by atomic mass is 10.2. The Morgan fingerprint density at radius 2 is 1.73 bits per heavy atom. The lowest BCUT2D eigenvalue weighted by Crippen LogP contribution is -1.99. The van der Waals surface area contributed by atoms with E-state index in [-0.39, 0.29) is 0 Å². The zero-order valence-corrected chi connectivity index (χ0v) is 14.3. The Morgan fingerprint density at radius 1 is 0.846 bits per heavy atom. The van der Waals surface area contributed by atoms with Crippen molar-refractivity contribution in [1.82, 2.24) is 24.3 Å². The molecule has 0 amide bonds. The molecule has 1 aromatic carbocycles. The molecular formula is C19H12N6S. The molecule has 0 unspecified atom stereocenters. The van der Waals surface area contributed by atoms with E-state index in [9.17, 15) is 0 Å². The van der Waals surface area contributed by atoms with Gasteiger partial charge in [0.15, 0.2) is 5.82 Å². The van der Waals surface area contributed by atoms with Crippen LogP contribution in [0.2, 0.25) is 0 Å². The summed E-state index contributed by atoms with van der Waals surface area (Å²) in [4.78, 5) is 17.7. The van der Waals surface area contributed by atoms with Gasteiger partial charge >= 0.3 is 0 Å². The van der Waals surface area contributed by atoms with Crippen molar-refractivity contribution in [2.75, 3.05) is 5.32 Å². The summed E-state index contributed by atoms with van der Waals surface area (Å²) in [5, 5.41) is 5.41. The van der Waals surface area contributed by atoms with Crippen LogP contribution in [-0.4, -0.2) is 24.3 Å². The zero-order valence-electron chi connectivity index (χ0n) is 13.5. The number of pyridine rings is 2. The monoisotopic (exact) mass is 356 g/mol. The van der Waals surface area contributed by atoms with Gasteiger partial charge in [0.2, 0.25) is 0 Å². The molecule has 0 saturated carbocycles. The van der Waals surface area contributed by atoms with E-state index >= 15 is 0 Å². The first kappa shape index (κ1) is 14.9. The van der Waals surface area contributed by atoms with Crippen LogP contribution in [0.1, 0.15) is 0 Å². The van der Waals surface area contributed by atoms with E-state index in [4.69, 9.17) is 4.98 Å². The van der Waals surface area contributed by atoms with Crippen molar-refractivity contribution in [2.45, 2.75) is 0 Å². The lowest BCUT2D eigenvalue weighted by Gasteiger charge is -2.11. The minimum atomic E-state index is 0.646. The van der Waals surface area contributed by atoms with Crippen LogP contribution >= 0.6 is 11.5 Å². The normalized spacial score (nSPS) is 11.1. The molecule has 4 aromatic heterocycles. The van der Waals surface area contributed by atoms with E-state index in [2.05, 4.69) is 30.7 Å². The molecule has 0 radical (unpaired) electrons. The third-order valence-corrected chi connectivity index (χ3v) is 4.82. The Bertz CT molecular complexity index is 1220. The third kappa shape index (κ3) is 2.64. The molecule has 5 aromatic rings. The number of benzene rings is 1. The molecule has 1 N–H and O–H groups in total. The van der Waals surface area contributed by atoms with Crippen LogP contribution in [0.5, 0.6) is 0 Å². The zero-order chi connectivity index (χ0) is 17.3. The van der Waals surface area contributed by atoms with Gasteiger partial charge in [-0.2, -0.15) is 4.37 Å². The second-order valence-electron chi connectivity index (χ2n) is 5.73. The maximum Gasteiger partial charge on any atom is 0.162 e. The highest BCUT2D eigenvalue weighted by atomic mass is 32.1. The fourth-order valence-corrected chi connectivity index (χ4v) is 3.46. The van der Waals surface area contributed by atoms with Gasteiger partial charge in [0.25, 0.3) is 0 Å². The molecule has 0 aliphatic heterocycles. The van der Waals surface area contributed by atoms with Gasteiger partial charge in [-0.3, -0.25) is 9.97 Å². The summed E-state index contributed by atoms with van der Waals surface area (Å²) in [7, 11) is 0. The van der Waals surface area contributed by atoms with E-state index < -0.39 is 0 Å². The van der Waals surface area contributed by atoms with Gasteiger partial charge in [0, 0.05) is 47.6 Å². The van der Waals surface area contributed by atoms with E-state index in [1.54, 1.807) is 24.8 Å². The second kappa shape index (κ2) is 6.12. The maximum atomic E-state index is 4.73. The van der Waals surface area contributed by atoms with Crippen molar-refractivity contribution in [1.29, 1.82) is 0 Å². The molecule has 26 heavy (non-hydrogen) atoms. The van der Waals surface area contributed by atoms with Crippen LogP contribution in [0.3, 0.4) is 0 Å². The first-order valence-corrected chi connectivity index (χ1v) is 8.78. The highest BCUT2D eigenvalue weighted by Gasteiger charge is 2.10. The van der Waals surface area contributed by atoms with E-state index in [1.807, 2.05) is 36.5 Å². The standard InChI is InChI=1S/C19H12N6S/c1-2-14(9-17-13(1)10-22-26-17)23-19-15-11-21-8-5-16(15)24-18(25-19)12-3-6-20-7-4-12/h1-11H,(H,23,24,25). The van der Waals surface area contributed by atoms with Gasteiger partial charge < -0.3 is 5.32 Å². The number of rotatable bonds is 3. The third-order valence-electron chi connectivity index (χ3n) is 4.05. The topological polar surface area (TPSA) is 76.5 Å². The molecule has 5 rings (SSSR count). The minimum Gasteiger partial charge on any atom is -0.340 e. The molecule has 124 valence electrons. The molecule has 7 heteroatoms. The predicted octanol–water partition coefficient (Wildman–Crippen LogP) is 4.44. The number of anilines is 2. The summed E-state index contributed by atoms with van der Waals surface area (Å²) in [5.74, 6) is 1.37. The molecule has 4 heterocycles. The summed E-state index contributed by atoms with van der Waals surface area (Å²) < 4.78 is 5.35. The van der Waals surface area contributed by atoms with Crippen LogP contribution in [-0.2, 0) is 0 Å². The quantitative estimate of drug-likeness (QED) is 0.515. The number of hydrogen-bond acceptors (Lipinski definition) is 7. The van der Waals surface area contributed by atoms with Crippen molar-refractivity contribution in [3.05, 3.63) is 67.4 Å². The molecule has 0 aliphatic rings. The molecule has 0 fully saturated rings. The maximum absolute atomic E-state index is 4.73. The summed E-state index contributed by atoms with van der Waals surface area (Å²) in [6.45, 7) is 0. The van der Waals surface area contributed by atoms with E-state index in [0.29, 0.717) is 5.82 Å². The lowest BCUT2D eigenvalue weighted by molar-refractivity contribution is 1.20.